The van der Waals surface area contributed by atoms with Gasteiger partial charge in [-0.15, -0.1) is 0 Å². The summed E-state index contributed by atoms with van der Waals surface area (Å²) in [6, 6.07) is 26.4. The Morgan fingerprint density at radius 2 is 1.66 bits per heavy atom. The molecule has 4 rings (SSSR count). The van der Waals surface area contributed by atoms with Crippen LogP contribution < -0.4 is 14.5 Å². The number of nitro groups is 1. The lowest BCUT2D eigenvalue weighted by Crippen LogP contribution is -2.40. The fourth-order valence-electron chi connectivity index (χ4n) is 3.88. The van der Waals surface area contributed by atoms with Gasteiger partial charge in [0.25, 0.3) is 21.6 Å². The number of sulfonamides is 1. The molecule has 0 bridgehead atoms. The molecule has 0 saturated heterocycles. The molecule has 0 atom stereocenters. The minimum absolute atomic E-state index is 0.0142. The van der Waals surface area contributed by atoms with Crippen LogP contribution in [0, 0.1) is 24.0 Å². The Morgan fingerprint density at radius 1 is 0.976 bits per heavy atom. The highest BCUT2D eigenvalue weighted by Gasteiger charge is 2.28. The number of hydrazone groups is 1. The number of nitrogens with zero attached hydrogens (tertiary/aromatic N) is 3. The number of nitrogens with one attached hydrogen (secondary N) is 1. The normalized spacial score (nSPS) is 11.3. The van der Waals surface area contributed by atoms with Crippen LogP contribution in [0.5, 0.6) is 5.75 Å². The molecule has 0 heterocycles. The van der Waals surface area contributed by atoms with E-state index in [4.69, 9.17) is 4.74 Å². The molecular formula is C30H28N4O6S. The Morgan fingerprint density at radius 3 is 2.32 bits per heavy atom. The maximum atomic E-state index is 13.5. The van der Waals surface area contributed by atoms with Crippen LogP contribution in [0.2, 0.25) is 0 Å². The van der Waals surface area contributed by atoms with Crippen molar-refractivity contribution in [2.45, 2.75) is 25.3 Å². The van der Waals surface area contributed by atoms with Crippen LogP contribution in [0.25, 0.3) is 0 Å². The Kier molecular flexibility index (Phi) is 9.10. The second-order valence-corrected chi connectivity index (χ2v) is 11.1. The van der Waals surface area contributed by atoms with Crippen molar-refractivity contribution in [2.24, 2.45) is 5.10 Å². The first-order valence-electron chi connectivity index (χ1n) is 12.6. The van der Waals surface area contributed by atoms with E-state index in [0.717, 1.165) is 15.4 Å². The van der Waals surface area contributed by atoms with Gasteiger partial charge in [-0.05, 0) is 90.7 Å². The van der Waals surface area contributed by atoms with E-state index in [1.54, 1.807) is 67.6 Å². The largest absolute Gasteiger partial charge is 0.489 e. The van der Waals surface area contributed by atoms with Gasteiger partial charge in [0.2, 0.25) is 0 Å². The first-order valence-corrected chi connectivity index (χ1v) is 14.0. The maximum absolute atomic E-state index is 13.5. The predicted octanol–water partition coefficient (Wildman–Crippen LogP) is 5.14. The molecule has 41 heavy (non-hydrogen) atoms. The summed E-state index contributed by atoms with van der Waals surface area (Å²) in [6.07, 6.45) is 1.44. The third-order valence-electron chi connectivity index (χ3n) is 6.09. The maximum Gasteiger partial charge on any atom is 0.269 e. The van der Waals surface area contributed by atoms with Crippen molar-refractivity contribution in [1.82, 2.24) is 5.43 Å². The molecule has 4 aromatic carbocycles. The van der Waals surface area contributed by atoms with Crippen molar-refractivity contribution in [3.63, 3.8) is 0 Å². The number of aryl methyl sites for hydroxylation is 2. The quantitative estimate of drug-likeness (QED) is 0.150. The number of carbonyl (C=O) groups excluding carboxylic acids is 1. The Hall–Kier alpha value is -5.03. The summed E-state index contributed by atoms with van der Waals surface area (Å²) in [5.41, 5.74) is 5.87. The molecule has 0 aliphatic heterocycles. The molecule has 0 aliphatic carbocycles. The van der Waals surface area contributed by atoms with Crippen molar-refractivity contribution in [2.75, 3.05) is 10.8 Å². The van der Waals surface area contributed by atoms with Gasteiger partial charge in [0, 0.05) is 12.1 Å². The van der Waals surface area contributed by atoms with Crippen LogP contribution in [-0.4, -0.2) is 32.0 Å². The number of ether oxygens (including phenoxy) is 1. The van der Waals surface area contributed by atoms with Crippen LogP contribution in [0.15, 0.2) is 107 Å². The number of carbonyl (C=O) groups is 1. The van der Waals surface area contributed by atoms with Crippen molar-refractivity contribution in [3.05, 3.63) is 129 Å². The summed E-state index contributed by atoms with van der Waals surface area (Å²) in [5, 5.41) is 14.8. The molecule has 1 amide bonds. The number of benzene rings is 4. The Labute approximate surface area is 238 Å². The standard InChI is InChI=1S/C30H28N4O6S/c1-22-8-9-23(2)29(18-22)33(41(38,39)28-6-4-3-5-7-28)20-30(35)32-31-19-24-12-16-27(17-13-24)40-21-25-10-14-26(15-11-25)34(36)37/h3-19H,20-21H2,1-2H3,(H,32,35)/b31-19-. The third kappa shape index (κ3) is 7.55. The molecule has 4 aromatic rings. The molecule has 0 unspecified atom stereocenters. The van der Waals surface area contributed by atoms with Gasteiger partial charge in [-0.1, -0.05) is 30.3 Å². The van der Waals surface area contributed by atoms with Gasteiger partial charge in [0.05, 0.1) is 21.7 Å². The molecule has 11 heteroatoms. The summed E-state index contributed by atoms with van der Waals surface area (Å²) in [4.78, 5) is 23.2. The highest BCUT2D eigenvalue weighted by molar-refractivity contribution is 7.92. The Balaban J connectivity index is 1.39. The Bertz CT molecular complexity index is 1660. The number of nitro benzene ring substituents is 1. The molecule has 0 fully saturated rings. The summed E-state index contributed by atoms with van der Waals surface area (Å²) in [6.45, 7) is 3.42. The lowest BCUT2D eigenvalue weighted by molar-refractivity contribution is -0.384. The van der Waals surface area contributed by atoms with Crippen LogP contribution in [0.1, 0.15) is 22.3 Å². The fraction of sp³-hybridized carbons (Fsp3) is 0.133. The van der Waals surface area contributed by atoms with Crippen LogP contribution >= 0.6 is 0 Å². The second-order valence-electron chi connectivity index (χ2n) is 9.19. The van der Waals surface area contributed by atoms with Crippen molar-refractivity contribution < 1.29 is 22.9 Å². The zero-order valence-electron chi connectivity index (χ0n) is 22.4. The lowest BCUT2D eigenvalue weighted by Gasteiger charge is -2.25. The minimum atomic E-state index is -4.03. The molecule has 0 spiro atoms. The van der Waals surface area contributed by atoms with Crippen LogP contribution in [-0.2, 0) is 21.4 Å². The first kappa shape index (κ1) is 29.0. The molecule has 0 saturated carbocycles. The van der Waals surface area contributed by atoms with Crippen molar-refractivity contribution >= 4 is 33.5 Å². The fourth-order valence-corrected chi connectivity index (χ4v) is 5.38. The van der Waals surface area contributed by atoms with E-state index in [1.807, 2.05) is 19.1 Å². The summed E-state index contributed by atoms with van der Waals surface area (Å²) in [5.74, 6) is -0.0236. The average molecular weight is 573 g/mol. The molecule has 1 N–H and O–H groups in total. The number of anilines is 1. The number of hydrogen-bond acceptors (Lipinski definition) is 7. The average Bonchev–Trinajstić information content (AvgIpc) is 2.97. The highest BCUT2D eigenvalue weighted by Crippen LogP contribution is 2.27. The van der Waals surface area contributed by atoms with E-state index in [0.29, 0.717) is 22.6 Å². The molecule has 210 valence electrons. The third-order valence-corrected chi connectivity index (χ3v) is 7.86. The van der Waals surface area contributed by atoms with Gasteiger partial charge in [-0.2, -0.15) is 5.10 Å². The zero-order valence-corrected chi connectivity index (χ0v) is 23.2. The van der Waals surface area contributed by atoms with Gasteiger partial charge in [0.1, 0.15) is 18.9 Å². The van der Waals surface area contributed by atoms with E-state index < -0.39 is 27.4 Å². The van der Waals surface area contributed by atoms with Crippen molar-refractivity contribution in [1.29, 1.82) is 0 Å². The molecule has 0 radical (unpaired) electrons. The topological polar surface area (TPSA) is 131 Å². The van der Waals surface area contributed by atoms with E-state index in [9.17, 15) is 23.3 Å². The first-order chi connectivity index (χ1) is 19.6. The van der Waals surface area contributed by atoms with Gasteiger partial charge in [-0.3, -0.25) is 19.2 Å². The van der Waals surface area contributed by atoms with Gasteiger partial charge < -0.3 is 4.74 Å². The van der Waals surface area contributed by atoms with Crippen LogP contribution in [0.3, 0.4) is 0 Å². The molecular weight excluding hydrogens is 544 g/mol. The molecule has 0 aromatic heterocycles. The predicted molar refractivity (Wildman–Crippen MR) is 156 cm³/mol. The lowest BCUT2D eigenvalue weighted by atomic mass is 10.1. The molecule has 0 aliphatic rings. The zero-order chi connectivity index (χ0) is 29.4. The van der Waals surface area contributed by atoms with E-state index in [1.165, 1.54) is 30.5 Å². The number of amides is 1. The highest BCUT2D eigenvalue weighted by atomic mass is 32.2. The monoisotopic (exact) mass is 572 g/mol. The number of hydrogen-bond donors (Lipinski definition) is 1. The SMILES string of the molecule is Cc1ccc(C)c(N(CC(=O)N/N=C\c2ccc(OCc3ccc([N+](=O)[O-])cc3)cc2)S(=O)(=O)c2ccccc2)c1. The smallest absolute Gasteiger partial charge is 0.269 e. The molecule has 10 nitrogen and oxygen atoms in total. The van der Waals surface area contributed by atoms with E-state index in [2.05, 4.69) is 10.5 Å². The second kappa shape index (κ2) is 12.9. The van der Waals surface area contributed by atoms with Gasteiger partial charge >= 0.3 is 0 Å². The van der Waals surface area contributed by atoms with E-state index >= 15 is 0 Å². The summed E-state index contributed by atoms with van der Waals surface area (Å²) < 4.78 is 33.8. The summed E-state index contributed by atoms with van der Waals surface area (Å²) >= 11 is 0. The van der Waals surface area contributed by atoms with E-state index in [-0.39, 0.29) is 17.2 Å². The van der Waals surface area contributed by atoms with Gasteiger partial charge in [0.15, 0.2) is 0 Å². The van der Waals surface area contributed by atoms with Crippen molar-refractivity contribution in [3.8, 4) is 5.75 Å². The minimum Gasteiger partial charge on any atom is -0.489 e. The summed E-state index contributed by atoms with van der Waals surface area (Å²) in [7, 11) is -4.03. The van der Waals surface area contributed by atoms with Crippen LogP contribution in [0.4, 0.5) is 11.4 Å². The van der Waals surface area contributed by atoms with Gasteiger partial charge in [-0.25, -0.2) is 13.8 Å². The number of non-ortho nitro benzene ring substituents is 1. The number of rotatable bonds is 11.